The van der Waals surface area contributed by atoms with Crippen LogP contribution in [0.5, 0.6) is 0 Å². The van der Waals surface area contributed by atoms with Crippen LogP contribution in [0.1, 0.15) is 12.8 Å². The number of aromatic amines is 1. The van der Waals surface area contributed by atoms with Gasteiger partial charge in [0.15, 0.2) is 5.58 Å². The zero-order valence-corrected chi connectivity index (χ0v) is 16.2. The molecule has 146 valence electrons. The minimum atomic E-state index is -3.68. The Hall–Kier alpha value is -1.68. The van der Waals surface area contributed by atoms with Gasteiger partial charge in [0.25, 0.3) is 0 Å². The van der Waals surface area contributed by atoms with E-state index < -0.39 is 15.8 Å². The lowest BCUT2D eigenvalue weighted by atomic mass is 9.73. The predicted molar refractivity (Wildman–Crippen MR) is 98.0 cm³/mol. The molecule has 3 fully saturated rings. The SMILES string of the molecule is CN(C)C[C@H]1[C@@H]2CC[C@@]3(CN(S(=O)(=O)c4ccc5[nH]c(=O)oc5c4)C[C@@H]13)O2. The lowest BCUT2D eigenvalue weighted by molar-refractivity contribution is 0.00739. The van der Waals surface area contributed by atoms with E-state index in [-0.39, 0.29) is 28.1 Å². The van der Waals surface area contributed by atoms with E-state index >= 15 is 0 Å². The molecule has 1 aromatic heterocycles. The Morgan fingerprint density at radius 1 is 1.37 bits per heavy atom. The van der Waals surface area contributed by atoms with Gasteiger partial charge in [0, 0.05) is 37.5 Å². The number of nitrogens with one attached hydrogen (secondary N) is 1. The summed E-state index contributed by atoms with van der Waals surface area (Å²) in [6.45, 7) is 1.79. The van der Waals surface area contributed by atoms with Gasteiger partial charge in [-0.2, -0.15) is 4.31 Å². The van der Waals surface area contributed by atoms with Crippen molar-refractivity contribution in [2.75, 3.05) is 33.7 Å². The molecule has 1 aromatic carbocycles. The highest BCUT2D eigenvalue weighted by molar-refractivity contribution is 7.89. The highest BCUT2D eigenvalue weighted by atomic mass is 32.2. The number of H-pyrrole nitrogens is 1. The van der Waals surface area contributed by atoms with Crippen LogP contribution in [0.15, 0.2) is 32.3 Å². The first-order valence-corrected chi connectivity index (χ1v) is 10.7. The quantitative estimate of drug-likeness (QED) is 0.827. The van der Waals surface area contributed by atoms with E-state index in [9.17, 15) is 13.2 Å². The standard InChI is InChI=1S/C18H23N3O5S/c1-20(2)8-12-13-9-21(10-18(13)6-5-15(12)26-18)27(23,24)11-3-4-14-16(7-11)25-17(22)19-14/h3-4,7,12-13,15H,5-6,8-10H2,1-2H3,(H,19,22)/t12-,13+,15+,18+/m1/s1. The molecule has 0 unspecified atom stereocenters. The van der Waals surface area contributed by atoms with Crippen LogP contribution in [0.4, 0.5) is 0 Å². The third-order valence-corrected chi connectivity index (χ3v) is 8.17. The van der Waals surface area contributed by atoms with Crippen molar-refractivity contribution < 1.29 is 17.6 Å². The summed E-state index contributed by atoms with van der Waals surface area (Å²) in [5, 5.41) is 0. The number of sulfonamides is 1. The number of benzene rings is 1. The summed E-state index contributed by atoms with van der Waals surface area (Å²) in [7, 11) is 0.407. The first kappa shape index (κ1) is 17.4. The van der Waals surface area contributed by atoms with E-state index in [0.29, 0.717) is 24.5 Å². The third-order valence-electron chi connectivity index (χ3n) is 6.36. The molecule has 4 heterocycles. The summed E-state index contributed by atoms with van der Waals surface area (Å²) >= 11 is 0. The zero-order chi connectivity index (χ0) is 19.0. The fourth-order valence-corrected chi connectivity index (χ4v) is 6.77. The number of nitrogens with zero attached hydrogens (tertiary/aromatic N) is 2. The Bertz CT molecular complexity index is 1060. The first-order chi connectivity index (χ1) is 12.8. The number of rotatable bonds is 4. The Morgan fingerprint density at radius 2 is 2.19 bits per heavy atom. The van der Waals surface area contributed by atoms with E-state index in [1.165, 1.54) is 12.1 Å². The number of hydrogen-bond donors (Lipinski definition) is 1. The van der Waals surface area contributed by atoms with Crippen LogP contribution >= 0.6 is 0 Å². The van der Waals surface area contributed by atoms with Crippen LogP contribution in [0.25, 0.3) is 11.1 Å². The van der Waals surface area contributed by atoms with Crippen molar-refractivity contribution in [3.63, 3.8) is 0 Å². The minimum absolute atomic E-state index is 0.146. The molecule has 0 saturated carbocycles. The molecule has 2 aromatic rings. The largest absolute Gasteiger partial charge is 0.417 e. The summed E-state index contributed by atoms with van der Waals surface area (Å²) in [5.41, 5.74) is 0.397. The Morgan fingerprint density at radius 3 is 2.96 bits per heavy atom. The van der Waals surface area contributed by atoms with E-state index in [4.69, 9.17) is 9.15 Å². The van der Waals surface area contributed by atoms with Gasteiger partial charge < -0.3 is 14.1 Å². The third kappa shape index (κ3) is 2.52. The first-order valence-electron chi connectivity index (χ1n) is 9.24. The lowest BCUT2D eigenvalue weighted by Crippen LogP contribution is -2.40. The summed E-state index contributed by atoms with van der Waals surface area (Å²) < 4.78 is 39.4. The number of oxazole rings is 1. The smallest absolute Gasteiger partial charge is 0.408 e. The molecule has 0 radical (unpaired) electrons. The van der Waals surface area contributed by atoms with E-state index in [1.54, 1.807) is 10.4 Å². The molecule has 1 spiro atoms. The van der Waals surface area contributed by atoms with Crippen molar-refractivity contribution in [3.05, 3.63) is 28.7 Å². The molecule has 4 atom stereocenters. The van der Waals surface area contributed by atoms with Crippen LogP contribution in [-0.4, -0.2) is 68.0 Å². The number of hydrogen-bond acceptors (Lipinski definition) is 6. The van der Waals surface area contributed by atoms with Gasteiger partial charge in [-0.1, -0.05) is 0 Å². The number of aromatic nitrogens is 1. The molecule has 27 heavy (non-hydrogen) atoms. The van der Waals surface area contributed by atoms with Gasteiger partial charge in [0.05, 0.1) is 22.1 Å². The highest BCUT2D eigenvalue weighted by Crippen LogP contribution is 2.55. The number of ether oxygens (including phenoxy) is 1. The maximum atomic E-state index is 13.2. The van der Waals surface area contributed by atoms with Crippen LogP contribution in [-0.2, 0) is 14.8 Å². The van der Waals surface area contributed by atoms with Crippen molar-refractivity contribution in [3.8, 4) is 0 Å². The molecule has 8 nitrogen and oxygen atoms in total. The topological polar surface area (TPSA) is 95.9 Å². The summed E-state index contributed by atoms with van der Waals surface area (Å²) in [6, 6.07) is 4.51. The summed E-state index contributed by atoms with van der Waals surface area (Å²) in [6.07, 6.45) is 2.17. The minimum Gasteiger partial charge on any atom is -0.408 e. The second-order valence-electron chi connectivity index (χ2n) is 8.26. The maximum absolute atomic E-state index is 13.2. The average molecular weight is 393 g/mol. The molecule has 0 aliphatic carbocycles. The van der Waals surface area contributed by atoms with Crippen LogP contribution in [0.2, 0.25) is 0 Å². The molecule has 3 aliphatic rings. The van der Waals surface area contributed by atoms with Gasteiger partial charge in [-0.15, -0.1) is 0 Å². The zero-order valence-electron chi connectivity index (χ0n) is 15.3. The van der Waals surface area contributed by atoms with Crippen LogP contribution in [0, 0.1) is 11.8 Å². The van der Waals surface area contributed by atoms with E-state index in [1.807, 2.05) is 14.1 Å². The summed E-state index contributed by atoms with van der Waals surface area (Å²) in [5.74, 6) is -0.00691. The maximum Gasteiger partial charge on any atom is 0.417 e. The van der Waals surface area contributed by atoms with E-state index in [2.05, 4.69) is 9.88 Å². The molecule has 2 bridgehead atoms. The molecular formula is C18H23N3O5S. The van der Waals surface area contributed by atoms with Crippen LogP contribution < -0.4 is 5.76 Å². The molecular weight excluding hydrogens is 370 g/mol. The second kappa shape index (κ2) is 5.66. The molecule has 3 aliphatic heterocycles. The number of fused-ring (bicyclic) bond motifs is 2. The van der Waals surface area contributed by atoms with Gasteiger partial charge in [-0.25, -0.2) is 13.2 Å². The Balaban J connectivity index is 1.47. The molecule has 0 amide bonds. The van der Waals surface area contributed by atoms with Gasteiger partial charge >= 0.3 is 5.76 Å². The van der Waals surface area contributed by atoms with Gasteiger partial charge in [-0.3, -0.25) is 4.98 Å². The Labute approximate surface area is 157 Å². The van der Waals surface area contributed by atoms with Gasteiger partial charge in [0.2, 0.25) is 10.0 Å². The molecule has 1 N–H and O–H groups in total. The van der Waals surface area contributed by atoms with Gasteiger partial charge in [-0.05, 0) is 39.1 Å². The normalized spacial score (nSPS) is 33.4. The van der Waals surface area contributed by atoms with E-state index in [0.717, 1.165) is 19.4 Å². The van der Waals surface area contributed by atoms with Gasteiger partial charge in [0.1, 0.15) is 0 Å². The predicted octanol–water partition coefficient (Wildman–Crippen LogP) is 0.851. The average Bonchev–Trinajstić information content (AvgIpc) is 3.32. The summed E-state index contributed by atoms with van der Waals surface area (Å²) in [4.78, 5) is 16.2. The van der Waals surface area contributed by atoms with Crippen LogP contribution in [0.3, 0.4) is 0 Å². The lowest BCUT2D eigenvalue weighted by Gasteiger charge is -2.31. The van der Waals surface area contributed by atoms with Crippen molar-refractivity contribution >= 4 is 21.1 Å². The molecule has 9 heteroatoms. The molecule has 5 rings (SSSR count). The fraction of sp³-hybridized carbons (Fsp3) is 0.611. The monoisotopic (exact) mass is 393 g/mol. The fourth-order valence-electron chi connectivity index (χ4n) is 5.23. The van der Waals surface area contributed by atoms with Crippen molar-refractivity contribution in [2.45, 2.75) is 29.4 Å². The second-order valence-corrected chi connectivity index (χ2v) is 10.2. The highest BCUT2D eigenvalue weighted by Gasteiger charge is 2.64. The molecule has 3 saturated heterocycles. The van der Waals surface area contributed by atoms with Crippen molar-refractivity contribution in [2.24, 2.45) is 11.8 Å². The Kier molecular flexibility index (Phi) is 3.65. The van der Waals surface area contributed by atoms with Crippen molar-refractivity contribution in [1.29, 1.82) is 0 Å². The van der Waals surface area contributed by atoms with Crippen molar-refractivity contribution in [1.82, 2.24) is 14.2 Å².